The molecule has 9 aliphatic rings. The molecule has 0 aromatic heterocycles. The third-order valence-electron chi connectivity index (χ3n) is 28.5. The van der Waals surface area contributed by atoms with E-state index >= 15 is 0 Å². The molecular weight excluding hydrogens is 1380 g/mol. The van der Waals surface area contributed by atoms with Gasteiger partial charge in [0.1, 0.15) is 33.6 Å². The highest BCUT2D eigenvalue weighted by Gasteiger charge is 2.70. The van der Waals surface area contributed by atoms with E-state index in [0.29, 0.717) is 23.2 Å². The number of carbonyl (C=O) groups is 6. The lowest BCUT2D eigenvalue weighted by Crippen LogP contribution is -2.49. The second-order valence-corrected chi connectivity index (χ2v) is 40.6. The van der Waals surface area contributed by atoms with Crippen LogP contribution in [0.4, 0.5) is 0 Å². The van der Waals surface area contributed by atoms with E-state index in [4.69, 9.17) is 28.4 Å². The predicted octanol–water partition coefficient (Wildman–Crippen LogP) is 30.8. The van der Waals surface area contributed by atoms with Gasteiger partial charge in [0.05, 0.1) is 32.5 Å². The number of ether oxygens (including phenoxy) is 6. The van der Waals surface area contributed by atoms with Gasteiger partial charge in [-0.25, -0.2) is 0 Å². The normalized spacial score (nSPS) is 27.4. The summed E-state index contributed by atoms with van der Waals surface area (Å²) in [6, 6.07) is 0. The average molecular weight is 1590 g/mol. The molecule has 0 radical (unpaired) electrons. The summed E-state index contributed by atoms with van der Waals surface area (Å²) in [6.07, 6.45) is 28.3. The van der Waals surface area contributed by atoms with Crippen molar-refractivity contribution in [2.24, 2.45) is 102 Å². The van der Waals surface area contributed by atoms with Gasteiger partial charge in [0.2, 0.25) is 0 Å². The fourth-order valence-electron chi connectivity index (χ4n) is 17.8. The maximum absolute atomic E-state index is 12.7. The first-order valence-corrected chi connectivity index (χ1v) is 40.4. The standard InChI is InChI=1S/C21H36O2.C19H30O2.C13H24O2.C12H22O2.C12H24O2.C10H20O2.12CH4/c1-8-18(3,4)17(22)23-20(7)11-12-21-13-16(20)19(5,6)15(21)10-9-14(21)2;1-5-18(2,3)17(20)21-19(4)10-13-9-14(19)16-12-7-6-11(8-12)15(13)16;1-5-12(2,3)11(14)15-13(4)9-7-6-8-10-13;1-5-11(2,3)10(13)14-12(4)8-6-7-9-12;1-8-11(4,5)10(13)14-12(6,7)9(2)3;1-7-10(5,6)8(11)12-9(2,3)4;;;;;;;;;;;;/h14-16H,8-13H2,1-7H3;11-16H,5-10H2,1-4H3;5-10H2,1-4H3;5-9H2,1-4H3;9H,8H2,1-7H3;7H2,1-6H3;12*1H4. The number of carbonyl (C=O) groups excluding carboxylic acids is 6. The van der Waals surface area contributed by atoms with Crippen LogP contribution in [0.15, 0.2) is 0 Å². The van der Waals surface area contributed by atoms with Crippen molar-refractivity contribution < 1.29 is 57.2 Å². The van der Waals surface area contributed by atoms with E-state index in [9.17, 15) is 28.8 Å². The highest BCUT2D eigenvalue weighted by atomic mass is 16.6. The lowest BCUT2D eigenvalue weighted by molar-refractivity contribution is -0.184. The van der Waals surface area contributed by atoms with Crippen molar-refractivity contribution in [2.75, 3.05) is 0 Å². The third-order valence-corrected chi connectivity index (χ3v) is 28.5. The lowest BCUT2D eigenvalue weighted by atomic mass is 9.64. The van der Waals surface area contributed by atoms with Crippen molar-refractivity contribution >= 4 is 35.8 Å². The number of fused-ring (bicyclic) bond motifs is 10. The number of hydrogen-bond donors (Lipinski definition) is 0. The maximum Gasteiger partial charge on any atom is 0.312 e. The molecule has 12 atom stereocenters. The fraction of sp³-hybridized carbons (Fsp3) is 0.939. The Morgan fingerprint density at radius 3 is 1.03 bits per heavy atom. The van der Waals surface area contributed by atoms with Gasteiger partial charge in [-0.1, -0.05) is 172 Å². The number of esters is 6. The molecule has 12 unspecified atom stereocenters. The van der Waals surface area contributed by atoms with E-state index in [1.807, 2.05) is 145 Å². The van der Waals surface area contributed by atoms with E-state index in [2.05, 4.69) is 76.2 Å². The van der Waals surface area contributed by atoms with Crippen LogP contribution >= 0.6 is 0 Å². The predicted molar refractivity (Wildman–Crippen MR) is 485 cm³/mol. The molecule has 0 saturated heterocycles. The minimum absolute atomic E-state index is 0. The van der Waals surface area contributed by atoms with Gasteiger partial charge < -0.3 is 28.4 Å². The van der Waals surface area contributed by atoms with E-state index < -0.39 is 0 Å². The Kier molecular flexibility index (Phi) is 53.2. The van der Waals surface area contributed by atoms with Crippen LogP contribution in [0.1, 0.15) is 471 Å². The number of rotatable bonds is 18. The van der Waals surface area contributed by atoms with Gasteiger partial charge in [-0.15, -0.1) is 0 Å². The Bertz CT molecular complexity index is 2660. The minimum atomic E-state index is -0.372. The molecule has 0 N–H and O–H groups in total. The van der Waals surface area contributed by atoms with Crippen LogP contribution in [0.2, 0.25) is 0 Å². The van der Waals surface area contributed by atoms with Crippen molar-refractivity contribution in [1.82, 2.24) is 0 Å². The summed E-state index contributed by atoms with van der Waals surface area (Å²) in [6.45, 7) is 65.4. The highest BCUT2D eigenvalue weighted by Crippen LogP contribution is 2.74. The summed E-state index contributed by atoms with van der Waals surface area (Å²) in [5.74, 6) is 7.57. The van der Waals surface area contributed by atoms with Crippen LogP contribution in [0.25, 0.3) is 0 Å². The largest absolute Gasteiger partial charge is 0.460 e. The Hall–Kier alpha value is -3.18. The van der Waals surface area contributed by atoms with Gasteiger partial charge >= 0.3 is 35.8 Å². The summed E-state index contributed by atoms with van der Waals surface area (Å²) < 4.78 is 34.5. The molecule has 12 nitrogen and oxygen atoms in total. The van der Waals surface area contributed by atoms with Crippen molar-refractivity contribution in [2.45, 2.75) is 505 Å². The molecule has 0 aliphatic heterocycles. The molecule has 111 heavy (non-hydrogen) atoms. The second-order valence-electron chi connectivity index (χ2n) is 40.6. The summed E-state index contributed by atoms with van der Waals surface area (Å²) in [7, 11) is 0. The van der Waals surface area contributed by atoms with Crippen LogP contribution in [0, 0.1) is 102 Å². The first-order chi connectivity index (χ1) is 45.0. The Morgan fingerprint density at radius 2 is 0.676 bits per heavy atom. The van der Waals surface area contributed by atoms with Gasteiger partial charge in [0.15, 0.2) is 0 Å². The summed E-state index contributed by atoms with van der Waals surface area (Å²) in [5, 5.41) is 0. The van der Waals surface area contributed by atoms with Crippen molar-refractivity contribution in [3.05, 3.63) is 0 Å². The highest BCUT2D eigenvalue weighted by molar-refractivity contribution is 5.78. The topological polar surface area (TPSA) is 158 Å². The van der Waals surface area contributed by atoms with Gasteiger partial charge in [0.25, 0.3) is 0 Å². The van der Waals surface area contributed by atoms with Crippen molar-refractivity contribution in [3.63, 3.8) is 0 Å². The van der Waals surface area contributed by atoms with Crippen LogP contribution in [0.5, 0.6) is 0 Å². The summed E-state index contributed by atoms with van der Waals surface area (Å²) >= 11 is 0. The van der Waals surface area contributed by atoms with Gasteiger partial charge in [-0.3, -0.25) is 28.8 Å². The molecule has 672 valence electrons. The molecule has 0 aromatic carbocycles. The Morgan fingerprint density at radius 1 is 0.351 bits per heavy atom. The van der Waals surface area contributed by atoms with Crippen LogP contribution in [-0.2, 0) is 57.2 Å². The molecule has 0 amide bonds. The van der Waals surface area contributed by atoms with Gasteiger partial charge in [0, 0.05) is 11.8 Å². The molecule has 9 fully saturated rings. The zero-order chi connectivity index (χ0) is 76.2. The Balaban J connectivity index is -0.000000160. The van der Waals surface area contributed by atoms with Crippen LogP contribution < -0.4 is 0 Å². The molecule has 12 heteroatoms. The molecule has 9 saturated carbocycles. The third kappa shape index (κ3) is 30.3. The van der Waals surface area contributed by atoms with Crippen molar-refractivity contribution in [1.29, 1.82) is 0 Å². The zero-order valence-electron chi connectivity index (χ0n) is 70.4. The monoisotopic (exact) mass is 1590 g/mol. The molecule has 1 spiro atoms. The molecule has 6 bridgehead atoms. The SMILES string of the molecule is C.C.C.C.C.C.C.C.C.C.C.C.CCC(C)(C)C(=O)OC(C)(C)C.CCC(C)(C)C(=O)OC(C)(C)C(C)C.CCC(C)(C)C(=O)OC1(C)CC2CC1C1C3CCC(C3)C21.CCC(C)(C)C(=O)OC1(C)CCC23CC1C(C)(C)C2CCC3C.CCC(C)(C)C(=O)OC1(C)CCCC1.CCC(C)(C)C(=O)OC1(C)CCCCC1. The van der Waals surface area contributed by atoms with Gasteiger partial charge in [-0.05, 0) is 358 Å². The van der Waals surface area contributed by atoms with E-state index in [0.717, 1.165) is 118 Å². The van der Waals surface area contributed by atoms with E-state index in [1.54, 1.807) is 0 Å². The first kappa shape index (κ1) is 126. The first-order valence-electron chi connectivity index (χ1n) is 40.4. The zero-order valence-corrected chi connectivity index (χ0v) is 70.4. The van der Waals surface area contributed by atoms with Crippen LogP contribution in [-0.4, -0.2) is 69.4 Å². The smallest absolute Gasteiger partial charge is 0.312 e. The fourth-order valence-corrected chi connectivity index (χ4v) is 17.8. The lowest BCUT2D eigenvalue weighted by Gasteiger charge is -2.47. The second kappa shape index (κ2) is 46.8. The molecule has 0 aromatic rings. The molecule has 9 rings (SSSR count). The Labute approximate surface area is 696 Å². The maximum atomic E-state index is 12.7. The van der Waals surface area contributed by atoms with Crippen LogP contribution in [0.3, 0.4) is 0 Å². The minimum Gasteiger partial charge on any atom is -0.460 e. The molecule has 0 heterocycles. The van der Waals surface area contributed by atoms with Crippen molar-refractivity contribution in [3.8, 4) is 0 Å². The summed E-state index contributed by atoms with van der Waals surface area (Å²) in [4.78, 5) is 72.4. The molecular formula is C99H204O12. The summed E-state index contributed by atoms with van der Waals surface area (Å²) in [5.41, 5.74) is -2.83. The van der Waals surface area contributed by atoms with E-state index in [1.165, 1.54) is 83.5 Å². The van der Waals surface area contributed by atoms with Gasteiger partial charge in [-0.2, -0.15) is 0 Å². The molecule has 9 aliphatic carbocycles. The average Bonchev–Trinajstić information content (AvgIpc) is 1.54. The number of hydrogen-bond acceptors (Lipinski definition) is 12. The quantitative estimate of drug-likeness (QED) is 0.0728. The van der Waals surface area contributed by atoms with E-state index in [-0.39, 0.29) is 196 Å².